The summed E-state index contributed by atoms with van der Waals surface area (Å²) in [5.74, 6) is 0.0111. The SMILES string of the molecule is Cc1cccc(CN=C(N)N=C(N)N)c1. The summed E-state index contributed by atoms with van der Waals surface area (Å²) in [7, 11) is 0. The molecule has 0 aliphatic heterocycles. The molecule has 1 aromatic rings. The number of aliphatic imine (C=N–C) groups is 2. The molecule has 15 heavy (non-hydrogen) atoms. The summed E-state index contributed by atoms with van der Waals surface area (Å²) in [4.78, 5) is 7.64. The average molecular weight is 205 g/mol. The van der Waals surface area contributed by atoms with Gasteiger partial charge >= 0.3 is 0 Å². The molecule has 0 amide bonds. The molecule has 0 unspecified atom stereocenters. The molecule has 0 aliphatic carbocycles. The number of benzene rings is 1. The van der Waals surface area contributed by atoms with Gasteiger partial charge in [0.05, 0.1) is 6.54 Å². The zero-order chi connectivity index (χ0) is 11.3. The molecule has 1 rings (SSSR count). The van der Waals surface area contributed by atoms with Crippen LogP contribution < -0.4 is 17.2 Å². The first-order chi connectivity index (χ1) is 7.08. The summed E-state index contributed by atoms with van der Waals surface area (Å²) in [6.07, 6.45) is 0. The van der Waals surface area contributed by atoms with Crippen molar-refractivity contribution in [2.75, 3.05) is 0 Å². The van der Waals surface area contributed by atoms with Crippen molar-refractivity contribution >= 4 is 11.9 Å². The van der Waals surface area contributed by atoms with Gasteiger partial charge < -0.3 is 17.2 Å². The van der Waals surface area contributed by atoms with Crippen LogP contribution in [-0.2, 0) is 6.54 Å². The molecule has 0 radical (unpaired) electrons. The zero-order valence-electron chi connectivity index (χ0n) is 8.64. The van der Waals surface area contributed by atoms with Crippen molar-refractivity contribution in [1.29, 1.82) is 0 Å². The molecule has 5 nitrogen and oxygen atoms in total. The van der Waals surface area contributed by atoms with Crippen LogP contribution in [0, 0.1) is 6.92 Å². The summed E-state index contributed by atoms with van der Waals surface area (Å²) >= 11 is 0. The van der Waals surface area contributed by atoms with E-state index in [2.05, 4.69) is 9.98 Å². The first kappa shape index (κ1) is 11.0. The van der Waals surface area contributed by atoms with E-state index in [0.717, 1.165) is 5.56 Å². The molecule has 1 aromatic carbocycles. The van der Waals surface area contributed by atoms with Crippen molar-refractivity contribution in [3.8, 4) is 0 Å². The lowest BCUT2D eigenvalue weighted by Crippen LogP contribution is -2.26. The van der Waals surface area contributed by atoms with Gasteiger partial charge in [-0.2, -0.15) is 4.99 Å². The van der Waals surface area contributed by atoms with Crippen molar-refractivity contribution in [3.63, 3.8) is 0 Å². The minimum atomic E-state index is -0.0829. The molecule has 0 fully saturated rings. The molecule has 0 bridgehead atoms. The van der Waals surface area contributed by atoms with E-state index in [1.54, 1.807) is 0 Å². The molecule has 0 aromatic heterocycles. The molecule has 80 valence electrons. The number of nitrogens with zero attached hydrogens (tertiary/aromatic N) is 2. The van der Waals surface area contributed by atoms with E-state index < -0.39 is 0 Å². The molecule has 0 heterocycles. The van der Waals surface area contributed by atoms with E-state index in [-0.39, 0.29) is 11.9 Å². The Kier molecular flexibility index (Phi) is 3.68. The maximum Gasteiger partial charge on any atom is 0.218 e. The van der Waals surface area contributed by atoms with Crippen LogP contribution in [0.1, 0.15) is 11.1 Å². The maximum absolute atomic E-state index is 5.46. The van der Waals surface area contributed by atoms with Gasteiger partial charge in [-0.3, -0.25) is 0 Å². The van der Waals surface area contributed by atoms with Gasteiger partial charge in [0, 0.05) is 0 Å². The Morgan fingerprint density at radius 1 is 1.27 bits per heavy atom. The van der Waals surface area contributed by atoms with Gasteiger partial charge in [0.2, 0.25) is 5.96 Å². The molecule has 0 saturated heterocycles. The summed E-state index contributed by atoms with van der Waals surface area (Å²) in [6.45, 7) is 2.50. The van der Waals surface area contributed by atoms with Crippen molar-refractivity contribution in [1.82, 2.24) is 0 Å². The predicted octanol–water partition coefficient (Wildman–Crippen LogP) is 0.0831. The number of rotatable bonds is 2. The average Bonchev–Trinajstić information content (AvgIpc) is 2.14. The molecule has 6 N–H and O–H groups in total. The van der Waals surface area contributed by atoms with Crippen molar-refractivity contribution in [3.05, 3.63) is 35.4 Å². The van der Waals surface area contributed by atoms with Crippen LogP contribution in [0.5, 0.6) is 0 Å². The fourth-order valence-corrected chi connectivity index (χ4v) is 1.15. The van der Waals surface area contributed by atoms with E-state index in [1.165, 1.54) is 5.56 Å². The number of hydrogen-bond acceptors (Lipinski definition) is 1. The fraction of sp³-hybridized carbons (Fsp3) is 0.200. The Balaban J connectivity index is 2.68. The quantitative estimate of drug-likeness (QED) is 0.470. The Bertz CT molecular complexity index is 391. The lowest BCUT2D eigenvalue weighted by atomic mass is 10.1. The summed E-state index contributed by atoms with van der Waals surface area (Å²) < 4.78 is 0. The highest BCUT2D eigenvalue weighted by Gasteiger charge is 1.93. The lowest BCUT2D eigenvalue weighted by Gasteiger charge is -1.98. The highest BCUT2D eigenvalue weighted by Crippen LogP contribution is 2.04. The Morgan fingerprint density at radius 3 is 2.60 bits per heavy atom. The monoisotopic (exact) mass is 205 g/mol. The summed E-state index contributed by atoms with van der Waals surface area (Å²) in [5.41, 5.74) is 18.0. The maximum atomic E-state index is 5.46. The second-order valence-corrected chi connectivity index (χ2v) is 3.20. The third-order valence-electron chi connectivity index (χ3n) is 1.75. The van der Waals surface area contributed by atoms with Gasteiger partial charge in [-0.1, -0.05) is 29.8 Å². The fourth-order valence-electron chi connectivity index (χ4n) is 1.15. The molecule has 0 saturated carbocycles. The number of hydrogen-bond donors (Lipinski definition) is 3. The molecule has 0 atom stereocenters. The van der Waals surface area contributed by atoms with Crippen LogP contribution in [0.4, 0.5) is 0 Å². The van der Waals surface area contributed by atoms with Gasteiger partial charge in [0.25, 0.3) is 0 Å². The third kappa shape index (κ3) is 4.12. The number of guanidine groups is 2. The second-order valence-electron chi connectivity index (χ2n) is 3.20. The van der Waals surface area contributed by atoms with Gasteiger partial charge in [-0.05, 0) is 12.5 Å². The number of aryl methyl sites for hydroxylation is 1. The van der Waals surface area contributed by atoms with Gasteiger partial charge in [0.1, 0.15) is 0 Å². The van der Waals surface area contributed by atoms with Gasteiger partial charge in [0.15, 0.2) is 5.96 Å². The first-order valence-electron chi connectivity index (χ1n) is 4.53. The molecule has 5 heteroatoms. The first-order valence-corrected chi connectivity index (χ1v) is 4.53. The highest BCUT2D eigenvalue weighted by atomic mass is 15.1. The van der Waals surface area contributed by atoms with Crippen molar-refractivity contribution < 1.29 is 0 Å². The summed E-state index contributed by atoms with van der Waals surface area (Å²) in [5, 5.41) is 0. The second kappa shape index (κ2) is 4.99. The number of nitrogens with two attached hydrogens (primary N) is 3. The lowest BCUT2D eigenvalue weighted by molar-refractivity contribution is 1.05. The highest BCUT2D eigenvalue weighted by molar-refractivity contribution is 5.92. The van der Waals surface area contributed by atoms with Crippen molar-refractivity contribution in [2.45, 2.75) is 13.5 Å². The normalized spacial score (nSPS) is 11.1. The topological polar surface area (TPSA) is 103 Å². The van der Waals surface area contributed by atoms with E-state index >= 15 is 0 Å². The predicted molar refractivity (Wildman–Crippen MR) is 62.3 cm³/mol. The van der Waals surface area contributed by atoms with Crippen LogP contribution >= 0.6 is 0 Å². The Hall–Kier alpha value is -2.04. The van der Waals surface area contributed by atoms with Crippen LogP contribution in [-0.4, -0.2) is 11.9 Å². The van der Waals surface area contributed by atoms with E-state index in [9.17, 15) is 0 Å². The molecular weight excluding hydrogens is 190 g/mol. The summed E-state index contributed by atoms with van der Waals surface area (Å²) in [6, 6.07) is 8.00. The molecule has 0 aliphatic rings. The van der Waals surface area contributed by atoms with Gasteiger partial charge in [-0.25, -0.2) is 4.99 Å². The Morgan fingerprint density at radius 2 is 2.00 bits per heavy atom. The third-order valence-corrected chi connectivity index (χ3v) is 1.75. The van der Waals surface area contributed by atoms with Crippen LogP contribution in [0.3, 0.4) is 0 Å². The van der Waals surface area contributed by atoms with Crippen LogP contribution in [0.15, 0.2) is 34.3 Å². The van der Waals surface area contributed by atoms with Crippen LogP contribution in [0.25, 0.3) is 0 Å². The largest absolute Gasteiger partial charge is 0.370 e. The molecule has 0 spiro atoms. The minimum Gasteiger partial charge on any atom is -0.370 e. The molecular formula is C10H15N5. The zero-order valence-corrected chi connectivity index (χ0v) is 8.64. The van der Waals surface area contributed by atoms with E-state index in [0.29, 0.717) is 6.54 Å². The van der Waals surface area contributed by atoms with Gasteiger partial charge in [-0.15, -0.1) is 0 Å². The minimum absolute atomic E-state index is 0.0829. The van der Waals surface area contributed by atoms with E-state index in [4.69, 9.17) is 17.2 Å². The van der Waals surface area contributed by atoms with E-state index in [1.807, 2.05) is 31.2 Å². The Labute approximate surface area is 88.7 Å². The van der Waals surface area contributed by atoms with Crippen molar-refractivity contribution in [2.24, 2.45) is 27.2 Å². The van der Waals surface area contributed by atoms with Crippen LogP contribution in [0.2, 0.25) is 0 Å². The smallest absolute Gasteiger partial charge is 0.218 e. The standard InChI is InChI=1S/C10H15N5/c1-7-3-2-4-8(5-7)6-14-10(13)15-9(11)12/h2-5H,6H2,1H3,(H6,11,12,13,14,15).